The molecule has 1 atom stereocenters. The van der Waals surface area contributed by atoms with Gasteiger partial charge in [-0.25, -0.2) is 4.39 Å². The molecule has 0 aliphatic carbocycles. The maximum atomic E-state index is 14.5. The van der Waals surface area contributed by atoms with Crippen molar-refractivity contribution in [2.45, 2.75) is 6.04 Å². The van der Waals surface area contributed by atoms with Crippen molar-refractivity contribution in [1.82, 2.24) is 10.2 Å². The molecule has 2 aromatic carbocycles. The van der Waals surface area contributed by atoms with Gasteiger partial charge in [0.1, 0.15) is 5.82 Å². The van der Waals surface area contributed by atoms with Crippen molar-refractivity contribution in [2.75, 3.05) is 33.9 Å². The summed E-state index contributed by atoms with van der Waals surface area (Å²) in [5.74, 6) is -0.481. The van der Waals surface area contributed by atoms with Gasteiger partial charge in [0.2, 0.25) is 0 Å². The Morgan fingerprint density at radius 3 is 2.59 bits per heavy atom. The summed E-state index contributed by atoms with van der Waals surface area (Å²) in [5, 5.41) is 3.86. The SMILES string of the molecule is COc1cc(F)c(C(=O)N2CCNCC2c2cccc(Cl)c2)cc1OC.Cl. The largest absolute Gasteiger partial charge is 0.493 e. The predicted octanol–water partition coefficient (Wildman–Crippen LogP) is 3.70. The van der Waals surface area contributed by atoms with Crippen molar-refractivity contribution in [3.05, 3.63) is 58.4 Å². The second kappa shape index (κ2) is 9.26. The van der Waals surface area contributed by atoms with E-state index in [0.717, 1.165) is 5.56 Å². The van der Waals surface area contributed by atoms with Gasteiger partial charge >= 0.3 is 0 Å². The summed E-state index contributed by atoms with van der Waals surface area (Å²) in [6.07, 6.45) is 0. The minimum Gasteiger partial charge on any atom is -0.493 e. The molecular weight excluding hydrogens is 394 g/mol. The van der Waals surface area contributed by atoms with Crippen LogP contribution in [0.15, 0.2) is 36.4 Å². The Hall–Kier alpha value is -2.02. The monoisotopic (exact) mass is 414 g/mol. The van der Waals surface area contributed by atoms with Crippen molar-refractivity contribution in [3.63, 3.8) is 0 Å². The van der Waals surface area contributed by atoms with Crippen LogP contribution in [-0.2, 0) is 0 Å². The van der Waals surface area contributed by atoms with Crippen LogP contribution >= 0.6 is 24.0 Å². The fraction of sp³-hybridized carbons (Fsp3) is 0.316. The molecular formula is C19H21Cl2FN2O3. The standard InChI is InChI=1S/C19H20ClFN2O3.ClH/c1-25-17-9-14(15(21)10-18(17)26-2)19(24)23-7-6-22-11-16(23)12-4-3-5-13(20)8-12;/h3-5,8-10,16,22H,6-7,11H2,1-2H3;1H. The molecule has 2 aromatic rings. The zero-order valence-electron chi connectivity index (χ0n) is 15.0. The molecule has 146 valence electrons. The van der Waals surface area contributed by atoms with Crippen LogP contribution in [0.2, 0.25) is 5.02 Å². The molecule has 1 saturated heterocycles. The predicted molar refractivity (Wildman–Crippen MR) is 105 cm³/mol. The summed E-state index contributed by atoms with van der Waals surface area (Å²) in [7, 11) is 2.87. The van der Waals surface area contributed by atoms with Gasteiger partial charge in [-0.05, 0) is 23.8 Å². The van der Waals surface area contributed by atoms with E-state index in [9.17, 15) is 9.18 Å². The van der Waals surface area contributed by atoms with Crippen molar-refractivity contribution in [2.24, 2.45) is 0 Å². The zero-order valence-corrected chi connectivity index (χ0v) is 16.6. The molecule has 3 rings (SSSR count). The van der Waals surface area contributed by atoms with Crippen molar-refractivity contribution < 1.29 is 18.7 Å². The number of benzene rings is 2. The number of piperazine rings is 1. The molecule has 1 aliphatic rings. The van der Waals surface area contributed by atoms with Gasteiger partial charge in [-0.1, -0.05) is 23.7 Å². The summed E-state index contributed by atoms with van der Waals surface area (Å²) in [6, 6.07) is 9.67. The van der Waals surface area contributed by atoms with Gasteiger partial charge in [0, 0.05) is 30.7 Å². The molecule has 1 unspecified atom stereocenters. The van der Waals surface area contributed by atoms with Crippen LogP contribution in [0.1, 0.15) is 22.0 Å². The molecule has 1 fully saturated rings. The Morgan fingerprint density at radius 1 is 1.22 bits per heavy atom. The second-order valence-electron chi connectivity index (χ2n) is 5.96. The molecule has 1 amide bonds. The van der Waals surface area contributed by atoms with Gasteiger partial charge in [0.25, 0.3) is 5.91 Å². The van der Waals surface area contributed by atoms with E-state index >= 15 is 0 Å². The van der Waals surface area contributed by atoms with Crippen molar-refractivity contribution >= 4 is 29.9 Å². The van der Waals surface area contributed by atoms with E-state index in [1.165, 1.54) is 26.4 Å². The molecule has 0 spiro atoms. The van der Waals surface area contributed by atoms with Gasteiger partial charge in [0.05, 0.1) is 25.8 Å². The fourth-order valence-electron chi connectivity index (χ4n) is 3.13. The Labute approximate surface area is 168 Å². The molecule has 27 heavy (non-hydrogen) atoms. The van der Waals surface area contributed by atoms with Gasteiger partial charge in [0.15, 0.2) is 11.5 Å². The maximum Gasteiger partial charge on any atom is 0.257 e. The Morgan fingerprint density at radius 2 is 1.93 bits per heavy atom. The van der Waals surface area contributed by atoms with Gasteiger partial charge in [-0.3, -0.25) is 4.79 Å². The Bertz CT molecular complexity index is 820. The normalized spacial score (nSPS) is 16.4. The third-order valence-electron chi connectivity index (χ3n) is 4.44. The average Bonchev–Trinajstić information content (AvgIpc) is 2.67. The lowest BCUT2D eigenvalue weighted by Gasteiger charge is -2.36. The highest BCUT2D eigenvalue weighted by atomic mass is 35.5. The minimum absolute atomic E-state index is 0. The number of nitrogens with zero attached hydrogens (tertiary/aromatic N) is 1. The number of hydrogen-bond acceptors (Lipinski definition) is 4. The van der Waals surface area contributed by atoms with Crippen molar-refractivity contribution in [3.8, 4) is 11.5 Å². The third kappa shape index (κ3) is 4.46. The quantitative estimate of drug-likeness (QED) is 0.828. The third-order valence-corrected chi connectivity index (χ3v) is 4.68. The van der Waals surface area contributed by atoms with E-state index in [4.69, 9.17) is 21.1 Å². The Balaban J connectivity index is 0.00000261. The van der Waals surface area contributed by atoms with Crippen LogP contribution in [0.4, 0.5) is 4.39 Å². The molecule has 5 nitrogen and oxygen atoms in total. The minimum atomic E-state index is -0.643. The molecule has 0 saturated carbocycles. The highest BCUT2D eigenvalue weighted by molar-refractivity contribution is 6.30. The molecule has 8 heteroatoms. The lowest BCUT2D eigenvalue weighted by Crippen LogP contribution is -2.48. The summed E-state index contributed by atoms with van der Waals surface area (Å²) in [4.78, 5) is 14.7. The maximum absolute atomic E-state index is 14.5. The van der Waals surface area contributed by atoms with Crippen LogP contribution in [0.3, 0.4) is 0 Å². The van der Waals surface area contributed by atoms with E-state index < -0.39 is 11.7 Å². The summed E-state index contributed by atoms with van der Waals surface area (Å²) < 4.78 is 24.8. The number of carbonyl (C=O) groups is 1. The lowest BCUT2D eigenvalue weighted by atomic mass is 10.0. The summed E-state index contributed by atoms with van der Waals surface area (Å²) in [6.45, 7) is 1.67. The number of amides is 1. The highest BCUT2D eigenvalue weighted by Crippen LogP contribution is 2.32. The van der Waals surface area contributed by atoms with E-state index in [2.05, 4.69) is 5.32 Å². The van der Waals surface area contributed by atoms with Crippen LogP contribution in [0.25, 0.3) is 0 Å². The number of halogens is 3. The zero-order chi connectivity index (χ0) is 18.7. The molecule has 1 heterocycles. The molecule has 1 aliphatic heterocycles. The Kier molecular flexibility index (Phi) is 7.30. The number of rotatable bonds is 4. The van der Waals surface area contributed by atoms with Crippen LogP contribution in [0, 0.1) is 5.82 Å². The molecule has 0 bridgehead atoms. The smallest absolute Gasteiger partial charge is 0.257 e. The van der Waals surface area contributed by atoms with Crippen molar-refractivity contribution in [1.29, 1.82) is 0 Å². The van der Waals surface area contributed by atoms with Crippen LogP contribution in [-0.4, -0.2) is 44.7 Å². The van der Waals surface area contributed by atoms with Gasteiger partial charge < -0.3 is 19.7 Å². The first-order valence-corrected chi connectivity index (χ1v) is 8.61. The van der Waals surface area contributed by atoms with E-state index in [0.29, 0.717) is 30.4 Å². The first-order chi connectivity index (χ1) is 12.5. The highest BCUT2D eigenvalue weighted by Gasteiger charge is 2.31. The van der Waals surface area contributed by atoms with Crippen LogP contribution < -0.4 is 14.8 Å². The number of ether oxygens (including phenoxy) is 2. The second-order valence-corrected chi connectivity index (χ2v) is 6.40. The number of carbonyl (C=O) groups excluding carboxylic acids is 1. The number of hydrogen-bond donors (Lipinski definition) is 1. The van der Waals surface area contributed by atoms with E-state index in [-0.39, 0.29) is 29.8 Å². The number of methoxy groups -OCH3 is 2. The van der Waals surface area contributed by atoms with E-state index in [1.807, 2.05) is 18.2 Å². The lowest BCUT2D eigenvalue weighted by molar-refractivity contribution is 0.0629. The fourth-order valence-corrected chi connectivity index (χ4v) is 3.33. The topological polar surface area (TPSA) is 50.8 Å². The number of nitrogens with one attached hydrogen (secondary N) is 1. The van der Waals surface area contributed by atoms with Gasteiger partial charge in [-0.15, -0.1) is 12.4 Å². The molecule has 0 radical (unpaired) electrons. The first-order valence-electron chi connectivity index (χ1n) is 8.23. The summed E-state index contributed by atoms with van der Waals surface area (Å²) >= 11 is 6.09. The summed E-state index contributed by atoms with van der Waals surface area (Å²) in [5.41, 5.74) is 0.857. The van der Waals surface area contributed by atoms with Gasteiger partial charge in [-0.2, -0.15) is 0 Å². The average molecular weight is 415 g/mol. The molecule has 0 aromatic heterocycles. The molecule has 1 N–H and O–H groups in total. The van der Waals surface area contributed by atoms with E-state index in [1.54, 1.807) is 11.0 Å². The first kappa shape index (κ1) is 21.3. The van der Waals surface area contributed by atoms with Crippen LogP contribution in [0.5, 0.6) is 11.5 Å².